The van der Waals surface area contributed by atoms with Crippen molar-refractivity contribution >= 4 is 16.7 Å². The van der Waals surface area contributed by atoms with Gasteiger partial charge in [0.15, 0.2) is 0 Å². The van der Waals surface area contributed by atoms with E-state index in [1.807, 2.05) is 48.5 Å². The minimum absolute atomic E-state index is 0.710. The average Bonchev–Trinajstić information content (AvgIpc) is 2.45. The van der Waals surface area contributed by atoms with Crippen LogP contribution in [0.15, 0.2) is 66.1 Å². The van der Waals surface area contributed by atoms with Crippen molar-refractivity contribution in [1.82, 2.24) is 0 Å². The van der Waals surface area contributed by atoms with Gasteiger partial charge in [0.25, 0.3) is 0 Å². The van der Waals surface area contributed by atoms with Crippen LogP contribution in [0.3, 0.4) is 0 Å². The van der Waals surface area contributed by atoms with E-state index >= 15 is 0 Å². The van der Waals surface area contributed by atoms with Crippen molar-refractivity contribution in [1.29, 1.82) is 0 Å². The molecular weight excluding hydrogens is 256 g/mol. The lowest BCUT2D eigenvalue weighted by atomic mass is 10.00. The average molecular weight is 271 g/mol. The van der Waals surface area contributed by atoms with Crippen molar-refractivity contribution in [2.75, 3.05) is 0 Å². The van der Waals surface area contributed by atoms with Crippen molar-refractivity contribution < 1.29 is 8.76 Å². The fraction of sp³-hybridized carbons (Fsp3) is 0.125. The first-order valence-corrected chi connectivity index (χ1v) is 7.27. The zero-order chi connectivity index (χ0) is 13.5. The van der Waals surface area contributed by atoms with Crippen LogP contribution >= 0.6 is 0 Å². The molecule has 0 amide bonds. The topological polar surface area (TPSA) is 40.1 Å². The van der Waals surface area contributed by atoms with Crippen LogP contribution in [0, 0.1) is 0 Å². The zero-order valence-corrected chi connectivity index (χ0v) is 11.3. The molecule has 0 aliphatic rings. The molecule has 2 nitrogen and oxygen atoms in total. The third-order valence-electron chi connectivity index (χ3n) is 2.91. The number of rotatable bonds is 5. The summed E-state index contributed by atoms with van der Waals surface area (Å²) in [5.74, 6) is 0. The fourth-order valence-corrected chi connectivity index (χ4v) is 2.45. The van der Waals surface area contributed by atoms with E-state index in [1.54, 1.807) is 0 Å². The Hall–Kier alpha value is -1.71. The number of benzene rings is 2. The third kappa shape index (κ3) is 4.47. The van der Waals surface area contributed by atoms with E-state index in [4.69, 9.17) is 0 Å². The van der Waals surface area contributed by atoms with E-state index in [0.29, 0.717) is 6.42 Å². The van der Waals surface area contributed by atoms with E-state index in [0.717, 1.165) is 17.6 Å². The minimum atomic E-state index is -2.17. The molecule has 0 fully saturated rings. The summed E-state index contributed by atoms with van der Waals surface area (Å²) in [7, 11) is 0. The Kier molecular flexibility index (Phi) is 5.07. The Morgan fingerprint density at radius 3 is 2.16 bits per heavy atom. The van der Waals surface area contributed by atoms with Gasteiger partial charge < -0.3 is 4.55 Å². The van der Waals surface area contributed by atoms with Gasteiger partial charge in [0.05, 0.1) is 0 Å². The lowest BCUT2D eigenvalue weighted by Gasteiger charge is -2.09. The Balaban J connectivity index is 2.14. The lowest BCUT2D eigenvalue weighted by Crippen LogP contribution is -1.92. The first-order valence-electron chi connectivity index (χ1n) is 6.14. The molecular formula is C16H15O2S-. The van der Waals surface area contributed by atoms with E-state index in [1.165, 1.54) is 11.0 Å². The summed E-state index contributed by atoms with van der Waals surface area (Å²) in [5, 5.41) is 1.30. The van der Waals surface area contributed by atoms with E-state index in [9.17, 15) is 8.76 Å². The molecule has 0 spiro atoms. The van der Waals surface area contributed by atoms with Crippen molar-refractivity contribution in [2.45, 2.75) is 12.8 Å². The summed E-state index contributed by atoms with van der Waals surface area (Å²) in [6.07, 6.45) is 1.54. The molecule has 0 aliphatic heterocycles. The first-order chi connectivity index (χ1) is 9.25. The highest BCUT2D eigenvalue weighted by molar-refractivity contribution is 7.82. The van der Waals surface area contributed by atoms with Crippen LogP contribution < -0.4 is 0 Å². The molecule has 98 valence electrons. The van der Waals surface area contributed by atoms with Gasteiger partial charge in [0.2, 0.25) is 0 Å². The van der Waals surface area contributed by atoms with Crippen molar-refractivity contribution in [3.8, 4) is 0 Å². The van der Waals surface area contributed by atoms with Crippen molar-refractivity contribution in [3.63, 3.8) is 0 Å². The van der Waals surface area contributed by atoms with Crippen LogP contribution in [-0.2, 0) is 17.5 Å². The molecule has 2 aromatic carbocycles. The molecule has 0 aromatic heterocycles. The van der Waals surface area contributed by atoms with Gasteiger partial charge in [0, 0.05) is 0 Å². The monoisotopic (exact) mass is 271 g/mol. The van der Waals surface area contributed by atoms with Crippen LogP contribution in [-0.4, -0.2) is 8.76 Å². The normalized spacial score (nSPS) is 13.2. The molecule has 1 atom stereocenters. The predicted molar refractivity (Wildman–Crippen MR) is 78.1 cm³/mol. The Bertz CT molecular complexity index is 562. The summed E-state index contributed by atoms with van der Waals surface area (Å²) in [5.41, 5.74) is 3.02. The Morgan fingerprint density at radius 2 is 1.58 bits per heavy atom. The van der Waals surface area contributed by atoms with Crippen LogP contribution in [0.2, 0.25) is 0 Å². The van der Waals surface area contributed by atoms with Gasteiger partial charge in [-0.05, 0) is 46.0 Å². The van der Waals surface area contributed by atoms with Gasteiger partial charge in [-0.25, -0.2) is 0 Å². The number of hydrogen-bond donors (Lipinski definition) is 0. The number of hydrogen-bond acceptors (Lipinski definition) is 2. The summed E-state index contributed by atoms with van der Waals surface area (Å²) < 4.78 is 21.8. The molecule has 1 unspecified atom stereocenters. The molecule has 0 aliphatic carbocycles. The molecule has 0 saturated heterocycles. The lowest BCUT2D eigenvalue weighted by molar-refractivity contribution is 0.546. The standard InChI is InChI=1S/C16H16O2S/c17-19(18)13-16(15-9-5-2-6-10-15)12-11-14-7-3-1-4-8-14/h1-10,13H,11-12H2,(H,17,18)/p-1. The Morgan fingerprint density at radius 1 is 1.00 bits per heavy atom. The molecule has 0 bridgehead atoms. The van der Waals surface area contributed by atoms with Gasteiger partial charge >= 0.3 is 0 Å². The van der Waals surface area contributed by atoms with E-state index < -0.39 is 11.1 Å². The van der Waals surface area contributed by atoms with Gasteiger partial charge in [0.1, 0.15) is 0 Å². The van der Waals surface area contributed by atoms with Crippen molar-refractivity contribution in [3.05, 3.63) is 77.2 Å². The molecule has 3 heteroatoms. The highest BCUT2D eigenvalue weighted by Crippen LogP contribution is 2.20. The zero-order valence-electron chi connectivity index (χ0n) is 10.5. The molecule has 0 radical (unpaired) electrons. The van der Waals surface area contributed by atoms with Gasteiger partial charge in [-0.15, -0.1) is 0 Å². The second-order valence-corrected chi connectivity index (χ2v) is 5.01. The fourth-order valence-electron chi connectivity index (χ4n) is 1.96. The van der Waals surface area contributed by atoms with Crippen LogP contribution in [0.4, 0.5) is 0 Å². The largest absolute Gasteiger partial charge is 0.769 e. The summed E-state index contributed by atoms with van der Waals surface area (Å²) in [6, 6.07) is 19.7. The van der Waals surface area contributed by atoms with Crippen molar-refractivity contribution in [2.24, 2.45) is 0 Å². The molecule has 2 aromatic rings. The highest BCUT2D eigenvalue weighted by atomic mass is 32.2. The minimum Gasteiger partial charge on any atom is -0.769 e. The quantitative estimate of drug-likeness (QED) is 0.780. The smallest absolute Gasteiger partial charge is 0.00770 e. The van der Waals surface area contributed by atoms with Crippen LogP contribution in [0.5, 0.6) is 0 Å². The third-order valence-corrected chi connectivity index (χ3v) is 3.39. The van der Waals surface area contributed by atoms with Gasteiger partial charge in [-0.3, -0.25) is 4.21 Å². The second-order valence-electron chi connectivity index (χ2n) is 4.26. The Labute approximate surface area is 116 Å². The summed E-state index contributed by atoms with van der Waals surface area (Å²) in [6.45, 7) is 0. The molecule has 2 rings (SSSR count). The molecule has 0 saturated carbocycles. The highest BCUT2D eigenvalue weighted by Gasteiger charge is 2.02. The maximum atomic E-state index is 10.9. The van der Waals surface area contributed by atoms with Crippen LogP contribution in [0.1, 0.15) is 17.5 Å². The molecule has 19 heavy (non-hydrogen) atoms. The molecule has 0 N–H and O–H groups in total. The van der Waals surface area contributed by atoms with Gasteiger partial charge in [-0.2, -0.15) is 0 Å². The summed E-state index contributed by atoms with van der Waals surface area (Å²) >= 11 is -2.17. The second kappa shape index (κ2) is 7.02. The maximum absolute atomic E-state index is 10.9. The maximum Gasteiger partial charge on any atom is -0.00770 e. The van der Waals surface area contributed by atoms with E-state index in [2.05, 4.69) is 12.1 Å². The summed E-state index contributed by atoms with van der Waals surface area (Å²) in [4.78, 5) is 0. The van der Waals surface area contributed by atoms with E-state index in [-0.39, 0.29) is 0 Å². The SMILES string of the molecule is O=S([O-])C=C(CCc1ccccc1)c1ccccc1. The number of aryl methyl sites for hydroxylation is 1. The first kappa shape index (κ1) is 13.7. The van der Waals surface area contributed by atoms with Crippen LogP contribution in [0.25, 0.3) is 5.57 Å². The number of allylic oxidation sites excluding steroid dienone is 1. The predicted octanol–water partition coefficient (Wildman–Crippen LogP) is 3.54. The van der Waals surface area contributed by atoms with Gasteiger partial charge in [-0.1, -0.05) is 60.7 Å². The molecule has 0 heterocycles.